The zero-order valence-electron chi connectivity index (χ0n) is 15.0. The molecule has 138 valence electrons. The first kappa shape index (κ1) is 17.7. The Bertz CT molecular complexity index is 811. The number of amides is 1. The predicted octanol–water partition coefficient (Wildman–Crippen LogP) is 0.396. The number of carbonyl (C=O) groups excluding carboxylic acids is 1. The van der Waals surface area contributed by atoms with Crippen LogP contribution in [0.15, 0.2) is 18.2 Å². The number of carbonyl (C=O) groups is 1. The van der Waals surface area contributed by atoms with Gasteiger partial charge in [0, 0.05) is 14.1 Å². The Labute approximate surface area is 151 Å². The third-order valence-electron chi connectivity index (χ3n) is 4.05. The Hall–Kier alpha value is -3.10. The van der Waals surface area contributed by atoms with Crippen LogP contribution in [0.1, 0.15) is 11.4 Å². The van der Waals surface area contributed by atoms with Crippen molar-refractivity contribution in [1.29, 1.82) is 0 Å². The number of benzene rings is 1. The molecule has 0 spiro atoms. The molecule has 0 saturated carbocycles. The molecule has 3 N–H and O–H groups in total. The van der Waals surface area contributed by atoms with Crippen molar-refractivity contribution in [3.05, 3.63) is 29.6 Å². The second kappa shape index (κ2) is 7.42. The number of rotatable bonds is 5. The van der Waals surface area contributed by atoms with Crippen molar-refractivity contribution < 1.29 is 14.3 Å². The molecule has 0 aliphatic carbocycles. The summed E-state index contributed by atoms with van der Waals surface area (Å²) >= 11 is 0. The highest BCUT2D eigenvalue weighted by Crippen LogP contribution is 2.30. The number of hydrogen-bond donors (Lipinski definition) is 2. The van der Waals surface area contributed by atoms with Crippen molar-refractivity contribution in [2.24, 2.45) is 5.92 Å². The third kappa shape index (κ3) is 3.93. The summed E-state index contributed by atoms with van der Waals surface area (Å²) in [6.07, 6.45) is 0.584. The van der Waals surface area contributed by atoms with E-state index in [4.69, 9.17) is 15.2 Å². The van der Waals surface area contributed by atoms with Crippen molar-refractivity contribution in [1.82, 2.24) is 20.3 Å². The number of anilines is 2. The Morgan fingerprint density at radius 1 is 1.38 bits per heavy atom. The van der Waals surface area contributed by atoms with Gasteiger partial charge in [-0.3, -0.25) is 4.79 Å². The van der Waals surface area contributed by atoms with E-state index in [1.54, 1.807) is 12.0 Å². The van der Waals surface area contributed by atoms with Gasteiger partial charge in [-0.25, -0.2) is 0 Å². The summed E-state index contributed by atoms with van der Waals surface area (Å²) in [7, 11) is 5.22. The average Bonchev–Trinajstić information content (AvgIpc) is 2.64. The molecule has 1 aromatic carbocycles. The fourth-order valence-corrected chi connectivity index (χ4v) is 2.68. The minimum absolute atomic E-state index is 0.120. The summed E-state index contributed by atoms with van der Waals surface area (Å²) in [6.45, 7) is 0.501. The van der Waals surface area contributed by atoms with Crippen LogP contribution in [0.4, 0.5) is 11.9 Å². The molecule has 1 aliphatic heterocycles. The number of nitrogens with two attached hydrogens (primary N) is 1. The van der Waals surface area contributed by atoms with Crippen molar-refractivity contribution >= 4 is 17.8 Å². The Kier molecular flexibility index (Phi) is 5.06. The van der Waals surface area contributed by atoms with Crippen LogP contribution in [0.2, 0.25) is 0 Å². The first-order chi connectivity index (χ1) is 12.5. The maximum atomic E-state index is 12.5. The van der Waals surface area contributed by atoms with Crippen molar-refractivity contribution in [3.8, 4) is 11.5 Å². The number of ether oxygens (including phenoxy) is 2. The van der Waals surface area contributed by atoms with E-state index in [-0.39, 0.29) is 24.3 Å². The molecule has 1 amide bonds. The normalized spacial score (nSPS) is 15.6. The standard InChI is InChI=1S/C17H22N6O3/c1-23(2)17-21-14(20-16(18)22-17)8-19-15(24)11-6-10-7-12(25-3)4-5-13(10)26-9-11/h4-5,7,11H,6,8-9H2,1-3H3,(H,19,24)(H2,18,20,21,22)/t11-/m0/s1. The molecule has 1 aromatic heterocycles. The zero-order chi connectivity index (χ0) is 18.7. The molecule has 9 heteroatoms. The number of fused-ring (bicyclic) bond motifs is 1. The zero-order valence-corrected chi connectivity index (χ0v) is 15.0. The van der Waals surface area contributed by atoms with Crippen LogP contribution in [0.5, 0.6) is 11.5 Å². The van der Waals surface area contributed by atoms with Crippen LogP contribution >= 0.6 is 0 Å². The van der Waals surface area contributed by atoms with Gasteiger partial charge in [-0.2, -0.15) is 15.0 Å². The summed E-state index contributed by atoms with van der Waals surface area (Å²) in [5, 5.41) is 2.84. The molecule has 1 aliphatic rings. The molecular formula is C17H22N6O3. The Balaban J connectivity index is 1.64. The van der Waals surface area contributed by atoms with Gasteiger partial charge in [-0.1, -0.05) is 0 Å². The smallest absolute Gasteiger partial charge is 0.229 e. The van der Waals surface area contributed by atoms with Gasteiger partial charge in [-0.05, 0) is 30.2 Å². The van der Waals surface area contributed by atoms with E-state index >= 15 is 0 Å². The molecule has 9 nitrogen and oxygen atoms in total. The molecule has 0 unspecified atom stereocenters. The van der Waals surface area contributed by atoms with E-state index in [0.717, 1.165) is 17.1 Å². The third-order valence-corrected chi connectivity index (χ3v) is 4.05. The van der Waals surface area contributed by atoms with Gasteiger partial charge in [-0.15, -0.1) is 0 Å². The van der Waals surface area contributed by atoms with Gasteiger partial charge in [0.1, 0.15) is 18.1 Å². The van der Waals surface area contributed by atoms with E-state index in [0.29, 0.717) is 24.8 Å². The highest BCUT2D eigenvalue weighted by atomic mass is 16.5. The summed E-state index contributed by atoms with van der Waals surface area (Å²) < 4.78 is 10.9. The topological polar surface area (TPSA) is 115 Å². The summed E-state index contributed by atoms with van der Waals surface area (Å²) in [4.78, 5) is 26.6. The fourth-order valence-electron chi connectivity index (χ4n) is 2.68. The van der Waals surface area contributed by atoms with Gasteiger partial charge in [0.15, 0.2) is 5.82 Å². The number of nitrogens with zero attached hydrogens (tertiary/aromatic N) is 4. The fraction of sp³-hybridized carbons (Fsp3) is 0.412. The quantitative estimate of drug-likeness (QED) is 0.789. The summed E-state index contributed by atoms with van der Waals surface area (Å²) in [5.41, 5.74) is 6.65. The Morgan fingerprint density at radius 3 is 2.92 bits per heavy atom. The average molecular weight is 358 g/mol. The molecule has 2 heterocycles. The van der Waals surface area contributed by atoms with Crippen LogP contribution in [0.25, 0.3) is 0 Å². The lowest BCUT2D eigenvalue weighted by molar-refractivity contribution is -0.126. The molecule has 3 rings (SSSR count). The van der Waals surface area contributed by atoms with Gasteiger partial charge < -0.3 is 25.4 Å². The van der Waals surface area contributed by atoms with Crippen LogP contribution in [-0.2, 0) is 17.8 Å². The van der Waals surface area contributed by atoms with E-state index < -0.39 is 0 Å². The monoisotopic (exact) mass is 358 g/mol. The lowest BCUT2D eigenvalue weighted by Crippen LogP contribution is -2.37. The first-order valence-corrected chi connectivity index (χ1v) is 8.21. The van der Waals surface area contributed by atoms with Crippen LogP contribution in [0, 0.1) is 5.92 Å². The minimum Gasteiger partial charge on any atom is -0.497 e. The van der Waals surface area contributed by atoms with Crippen LogP contribution in [-0.4, -0.2) is 48.7 Å². The highest BCUT2D eigenvalue weighted by molar-refractivity contribution is 5.79. The van der Waals surface area contributed by atoms with Gasteiger partial charge >= 0.3 is 0 Å². The molecule has 26 heavy (non-hydrogen) atoms. The van der Waals surface area contributed by atoms with Crippen molar-refractivity contribution in [2.75, 3.05) is 38.4 Å². The van der Waals surface area contributed by atoms with Gasteiger partial charge in [0.2, 0.25) is 17.8 Å². The Morgan fingerprint density at radius 2 is 2.19 bits per heavy atom. The molecule has 0 radical (unpaired) electrons. The first-order valence-electron chi connectivity index (χ1n) is 8.21. The van der Waals surface area contributed by atoms with E-state index in [2.05, 4.69) is 20.3 Å². The number of methoxy groups -OCH3 is 1. The lowest BCUT2D eigenvalue weighted by Gasteiger charge is -2.25. The second-order valence-electron chi connectivity index (χ2n) is 6.21. The lowest BCUT2D eigenvalue weighted by atomic mass is 9.96. The number of hydrogen-bond acceptors (Lipinski definition) is 8. The van der Waals surface area contributed by atoms with Crippen molar-refractivity contribution in [3.63, 3.8) is 0 Å². The molecule has 2 aromatic rings. The minimum atomic E-state index is -0.290. The summed E-state index contributed by atoms with van der Waals surface area (Å²) in [6, 6.07) is 5.59. The van der Waals surface area contributed by atoms with E-state index in [1.165, 1.54) is 0 Å². The molecule has 0 saturated heterocycles. The number of nitrogens with one attached hydrogen (secondary N) is 1. The van der Waals surface area contributed by atoms with Gasteiger partial charge in [0.05, 0.1) is 19.6 Å². The SMILES string of the molecule is COc1ccc2c(c1)C[C@H](C(=O)NCc1nc(N)nc(N(C)C)n1)CO2. The molecule has 0 fully saturated rings. The summed E-state index contributed by atoms with van der Waals surface area (Å²) in [5.74, 6) is 2.10. The second-order valence-corrected chi connectivity index (χ2v) is 6.21. The van der Waals surface area contributed by atoms with Crippen LogP contribution < -0.4 is 25.4 Å². The largest absolute Gasteiger partial charge is 0.497 e. The number of aromatic nitrogens is 3. The van der Waals surface area contributed by atoms with E-state index in [1.807, 2.05) is 32.3 Å². The maximum absolute atomic E-state index is 12.5. The van der Waals surface area contributed by atoms with Crippen LogP contribution in [0.3, 0.4) is 0 Å². The van der Waals surface area contributed by atoms with Gasteiger partial charge in [0.25, 0.3) is 0 Å². The molecule has 1 atom stereocenters. The highest BCUT2D eigenvalue weighted by Gasteiger charge is 2.26. The molecule has 0 bridgehead atoms. The maximum Gasteiger partial charge on any atom is 0.229 e. The molecular weight excluding hydrogens is 336 g/mol. The van der Waals surface area contributed by atoms with Crippen molar-refractivity contribution in [2.45, 2.75) is 13.0 Å². The predicted molar refractivity (Wildman–Crippen MR) is 96.1 cm³/mol. The number of nitrogen functional groups attached to an aromatic ring is 1. The van der Waals surface area contributed by atoms with E-state index in [9.17, 15) is 4.79 Å².